The third-order valence-electron chi connectivity index (χ3n) is 5.60. The highest BCUT2D eigenvalue weighted by atomic mass is 32.1. The minimum Gasteiger partial charge on any atom is -0.383 e. The minimum atomic E-state index is -1.02. The quantitative estimate of drug-likeness (QED) is 0.603. The largest absolute Gasteiger partial charge is 0.383 e. The number of aromatic nitrogens is 2. The molecule has 2 aromatic carbocycles. The summed E-state index contributed by atoms with van der Waals surface area (Å²) in [6.45, 7) is 7.02. The van der Waals surface area contributed by atoms with Gasteiger partial charge in [-0.05, 0) is 49.2 Å². The molecule has 32 heavy (non-hydrogen) atoms. The molecule has 1 aromatic heterocycles. The lowest BCUT2D eigenvalue weighted by Gasteiger charge is -2.31. The predicted octanol–water partition coefficient (Wildman–Crippen LogP) is 4.21. The third-order valence-corrected chi connectivity index (χ3v) is 5.60. The Kier molecular flexibility index (Phi) is 7.26. The monoisotopic (exact) mass is 456 g/mol. The lowest BCUT2D eigenvalue weighted by Crippen LogP contribution is -2.45. The second-order valence-corrected chi connectivity index (χ2v) is 8.32. The Hall–Kier alpha value is -2.84. The van der Waals surface area contributed by atoms with Crippen LogP contribution in [-0.4, -0.2) is 38.1 Å². The molecule has 1 aliphatic rings. The zero-order valence-corrected chi connectivity index (χ0v) is 19.5. The summed E-state index contributed by atoms with van der Waals surface area (Å²) >= 11 is 0. The van der Waals surface area contributed by atoms with Crippen LogP contribution in [-0.2, 0) is 17.9 Å². The van der Waals surface area contributed by atoms with Gasteiger partial charge in [-0.3, -0.25) is 4.79 Å². The van der Waals surface area contributed by atoms with Crippen molar-refractivity contribution >= 4 is 30.9 Å². The van der Waals surface area contributed by atoms with Gasteiger partial charge in [0.05, 0.1) is 6.54 Å². The highest BCUT2D eigenvalue weighted by Gasteiger charge is 2.31. The Morgan fingerprint density at radius 1 is 1.09 bits per heavy atom. The fraction of sp³-hybridized carbons (Fsp3) is 0.333. The van der Waals surface area contributed by atoms with Crippen molar-refractivity contribution in [3.8, 4) is 11.3 Å². The highest BCUT2D eigenvalue weighted by Crippen LogP contribution is 2.33. The predicted molar refractivity (Wildman–Crippen MR) is 129 cm³/mol. The molecule has 2 N–H and O–H groups in total. The third kappa shape index (κ3) is 4.81. The van der Waals surface area contributed by atoms with Gasteiger partial charge in [-0.2, -0.15) is 13.5 Å². The van der Waals surface area contributed by atoms with E-state index in [1.165, 1.54) is 12.1 Å². The van der Waals surface area contributed by atoms with Crippen LogP contribution in [0.2, 0.25) is 0 Å². The number of halogens is 1. The molecule has 0 saturated carbocycles. The van der Waals surface area contributed by atoms with Crippen LogP contribution in [0.5, 0.6) is 0 Å². The number of fused-ring (bicyclic) bond motifs is 1. The fourth-order valence-electron chi connectivity index (χ4n) is 3.70. The van der Waals surface area contributed by atoms with E-state index >= 15 is 0 Å². The molecule has 0 spiro atoms. The van der Waals surface area contributed by atoms with Gasteiger partial charge in [0, 0.05) is 24.3 Å². The molecule has 4 rings (SSSR count). The van der Waals surface area contributed by atoms with Crippen LogP contribution in [0.15, 0.2) is 48.5 Å². The summed E-state index contributed by atoms with van der Waals surface area (Å²) in [5, 5.41) is 13.7. The number of carbonyl (C=O) groups is 1. The average molecular weight is 457 g/mol. The Labute approximate surface area is 194 Å². The summed E-state index contributed by atoms with van der Waals surface area (Å²) in [6.07, 6.45) is -1.02. The summed E-state index contributed by atoms with van der Waals surface area (Å²) < 4.78 is 15.5. The van der Waals surface area contributed by atoms with Gasteiger partial charge in [-0.15, -0.1) is 0 Å². The van der Waals surface area contributed by atoms with Gasteiger partial charge in [0.15, 0.2) is 0 Å². The smallest absolute Gasteiger partial charge is 0.252 e. The summed E-state index contributed by atoms with van der Waals surface area (Å²) in [5.41, 5.74) is 3.58. The number of nitrogens with zero attached hydrogens (tertiary/aromatic N) is 3. The van der Waals surface area contributed by atoms with Crippen LogP contribution in [0.1, 0.15) is 25.2 Å². The van der Waals surface area contributed by atoms with Gasteiger partial charge >= 0.3 is 0 Å². The second-order valence-electron chi connectivity index (χ2n) is 8.32. The molecule has 1 aliphatic heterocycles. The van der Waals surface area contributed by atoms with E-state index in [1.807, 2.05) is 45.0 Å². The number of carbonyl (C=O) groups excluding carboxylic acids is 1. The van der Waals surface area contributed by atoms with Gasteiger partial charge in [-0.25, -0.2) is 9.37 Å². The van der Waals surface area contributed by atoms with Crippen LogP contribution >= 0.6 is 13.5 Å². The molecule has 0 saturated heterocycles. The molecule has 6 nitrogen and oxygen atoms in total. The second kappa shape index (κ2) is 9.75. The van der Waals surface area contributed by atoms with Crippen molar-refractivity contribution in [2.45, 2.75) is 40.0 Å². The zero-order chi connectivity index (χ0) is 22.1. The van der Waals surface area contributed by atoms with Crippen LogP contribution in [0.25, 0.3) is 11.3 Å². The van der Waals surface area contributed by atoms with Crippen molar-refractivity contribution < 1.29 is 14.3 Å². The molecule has 0 radical (unpaired) electrons. The highest BCUT2D eigenvalue weighted by molar-refractivity contribution is 7.59. The molecule has 0 fully saturated rings. The molecule has 2 heterocycles. The first-order valence-corrected chi connectivity index (χ1v) is 10.5. The maximum atomic E-state index is 13.5. The van der Waals surface area contributed by atoms with Crippen molar-refractivity contribution in [1.29, 1.82) is 0 Å². The molecule has 170 valence electrons. The molecular weight excluding hydrogens is 427 g/mol. The van der Waals surface area contributed by atoms with Crippen molar-refractivity contribution in [2.24, 2.45) is 5.92 Å². The number of aliphatic hydroxyl groups excluding tert-OH is 1. The number of aryl methyl sites for hydroxylation is 1. The Balaban J connectivity index is 0.00000289. The lowest BCUT2D eigenvalue weighted by molar-refractivity contribution is -0.144. The molecule has 1 atom stereocenters. The number of hydrogen-bond donors (Lipinski definition) is 2. The van der Waals surface area contributed by atoms with Crippen LogP contribution in [0.4, 0.5) is 15.9 Å². The normalized spacial score (nSPS) is 14.0. The molecule has 3 aromatic rings. The maximum Gasteiger partial charge on any atom is 0.252 e. The number of aliphatic hydroxyl groups is 1. The molecule has 0 unspecified atom stereocenters. The zero-order valence-electron chi connectivity index (χ0n) is 18.5. The van der Waals surface area contributed by atoms with Crippen molar-refractivity contribution in [3.05, 3.63) is 65.7 Å². The Morgan fingerprint density at radius 3 is 2.38 bits per heavy atom. The van der Waals surface area contributed by atoms with Gasteiger partial charge in [0.25, 0.3) is 5.91 Å². The Morgan fingerprint density at radius 2 is 1.75 bits per heavy atom. The number of imidazole rings is 1. The summed E-state index contributed by atoms with van der Waals surface area (Å²) in [5.74, 6) is 0.801. The van der Waals surface area contributed by atoms with Gasteiger partial charge < -0.3 is 19.9 Å². The Bertz CT molecular complexity index is 1080. The van der Waals surface area contributed by atoms with Crippen LogP contribution in [0.3, 0.4) is 0 Å². The van der Waals surface area contributed by atoms with E-state index in [1.54, 1.807) is 17.0 Å². The van der Waals surface area contributed by atoms with E-state index in [2.05, 4.69) is 9.88 Å². The van der Waals surface area contributed by atoms with Gasteiger partial charge in [0.1, 0.15) is 29.3 Å². The first kappa shape index (κ1) is 23.8. The first-order chi connectivity index (χ1) is 14.8. The fourth-order valence-corrected chi connectivity index (χ4v) is 3.70. The van der Waals surface area contributed by atoms with E-state index in [0.29, 0.717) is 25.3 Å². The summed E-state index contributed by atoms with van der Waals surface area (Å²) in [6, 6.07) is 14.3. The summed E-state index contributed by atoms with van der Waals surface area (Å²) in [4.78, 5) is 19.1. The van der Waals surface area contributed by atoms with E-state index in [4.69, 9.17) is 4.98 Å². The van der Waals surface area contributed by atoms with E-state index in [-0.39, 0.29) is 31.1 Å². The number of nitrogens with one attached hydrogen (secondary N) is 1. The van der Waals surface area contributed by atoms with Crippen molar-refractivity contribution in [2.75, 3.05) is 11.9 Å². The van der Waals surface area contributed by atoms with Crippen molar-refractivity contribution in [1.82, 2.24) is 14.5 Å². The van der Waals surface area contributed by atoms with Crippen molar-refractivity contribution in [3.63, 3.8) is 0 Å². The SMILES string of the molecule is Cc1ccc(Nc2c(-c3ccc(F)cc3)nc3n2CCN(C(=O)[C@@H](O)C(C)C)C3)cc1.S. The van der Waals surface area contributed by atoms with E-state index < -0.39 is 6.10 Å². The number of rotatable bonds is 5. The lowest BCUT2D eigenvalue weighted by atomic mass is 10.1. The maximum absolute atomic E-state index is 13.5. The van der Waals surface area contributed by atoms with Crippen LogP contribution < -0.4 is 5.32 Å². The van der Waals surface area contributed by atoms with E-state index in [0.717, 1.165) is 28.5 Å². The topological polar surface area (TPSA) is 70.4 Å². The number of hydrogen-bond acceptors (Lipinski definition) is 4. The van der Waals surface area contributed by atoms with Gasteiger partial charge in [-0.1, -0.05) is 31.5 Å². The molecular formula is C24H29FN4O2S. The first-order valence-electron chi connectivity index (χ1n) is 10.5. The summed E-state index contributed by atoms with van der Waals surface area (Å²) in [7, 11) is 0. The average Bonchev–Trinajstić information content (AvgIpc) is 3.12. The number of benzene rings is 2. The molecule has 8 heteroatoms. The minimum absolute atomic E-state index is 0. The van der Waals surface area contributed by atoms with Gasteiger partial charge in [0.2, 0.25) is 0 Å². The van der Waals surface area contributed by atoms with E-state index in [9.17, 15) is 14.3 Å². The van der Waals surface area contributed by atoms with Crippen LogP contribution in [0, 0.1) is 18.7 Å². The number of amides is 1. The molecule has 0 bridgehead atoms. The number of anilines is 2. The molecule has 0 aliphatic carbocycles. The standard InChI is InChI=1S/C24H27FN4O2.H2S/c1-15(2)22(30)24(31)28-12-13-29-20(14-28)27-21(17-6-8-18(25)9-7-17)23(29)26-19-10-4-16(3)5-11-19;/h4-11,15,22,26,30H,12-14H2,1-3H3;1H2/t22-;/m0./s1. The molecule has 1 amide bonds.